The summed E-state index contributed by atoms with van der Waals surface area (Å²) >= 11 is 5.55. The quantitative estimate of drug-likeness (QED) is 0.852. The smallest absolute Gasteiger partial charge is 0.265 e. The summed E-state index contributed by atoms with van der Waals surface area (Å²) < 4.78 is 6.01. The molecule has 2 heterocycles. The first-order valence-corrected chi connectivity index (χ1v) is 9.21. The second-order valence-electron chi connectivity index (χ2n) is 6.30. The van der Waals surface area contributed by atoms with Gasteiger partial charge < -0.3 is 19.9 Å². The lowest BCUT2D eigenvalue weighted by molar-refractivity contribution is -0.139. The number of amides is 1. The van der Waals surface area contributed by atoms with Gasteiger partial charge in [0.2, 0.25) is 0 Å². The van der Waals surface area contributed by atoms with Crippen LogP contribution in [0.25, 0.3) is 0 Å². The summed E-state index contributed by atoms with van der Waals surface area (Å²) in [6.07, 6.45) is 3.86. The highest BCUT2D eigenvalue weighted by Crippen LogP contribution is 2.33. The number of para-hydroxylation sites is 2. The maximum Gasteiger partial charge on any atom is 0.265 e. The number of anilines is 1. The zero-order valence-corrected chi connectivity index (χ0v) is 15.0. The predicted molar refractivity (Wildman–Crippen MR) is 99.5 cm³/mol. The first-order chi connectivity index (χ1) is 11.7. The number of piperidine rings is 1. The van der Waals surface area contributed by atoms with E-state index in [4.69, 9.17) is 17.0 Å². The summed E-state index contributed by atoms with van der Waals surface area (Å²) in [4.78, 5) is 16.8. The van der Waals surface area contributed by atoms with Gasteiger partial charge in [-0.05, 0) is 50.0 Å². The Bertz CT molecular complexity index is 602. The Kier molecular flexibility index (Phi) is 5.56. The molecule has 0 aromatic heterocycles. The van der Waals surface area contributed by atoms with Crippen LogP contribution in [-0.4, -0.2) is 48.2 Å². The van der Waals surface area contributed by atoms with Crippen LogP contribution >= 0.6 is 12.2 Å². The van der Waals surface area contributed by atoms with E-state index >= 15 is 0 Å². The van der Waals surface area contributed by atoms with Crippen LogP contribution in [0.15, 0.2) is 24.3 Å². The molecule has 1 aromatic rings. The molecule has 0 bridgehead atoms. The molecule has 1 fully saturated rings. The number of carbonyl (C=O) groups is 1. The van der Waals surface area contributed by atoms with Crippen LogP contribution in [0, 0.1) is 0 Å². The number of hydrogen-bond donors (Lipinski definition) is 1. The SMILES string of the molecule is CCCNC(=S)N1C[C@@H](C(=O)N2CCCCC2)Oc2ccccc21. The van der Waals surface area contributed by atoms with Gasteiger partial charge in [0.15, 0.2) is 11.2 Å². The molecule has 2 aliphatic heterocycles. The Morgan fingerprint density at radius 3 is 2.79 bits per heavy atom. The third-order valence-corrected chi connectivity index (χ3v) is 4.85. The van der Waals surface area contributed by atoms with Gasteiger partial charge in [-0.2, -0.15) is 0 Å². The number of ether oxygens (including phenoxy) is 1. The number of fused-ring (bicyclic) bond motifs is 1. The third-order valence-electron chi connectivity index (χ3n) is 4.49. The molecule has 0 unspecified atom stereocenters. The summed E-state index contributed by atoms with van der Waals surface area (Å²) in [5.41, 5.74) is 0.925. The molecule has 130 valence electrons. The van der Waals surface area contributed by atoms with E-state index in [9.17, 15) is 4.79 Å². The Morgan fingerprint density at radius 1 is 1.29 bits per heavy atom. The zero-order valence-electron chi connectivity index (χ0n) is 14.2. The number of likely N-dealkylation sites (tertiary alicyclic amines) is 1. The van der Waals surface area contributed by atoms with Crippen molar-refractivity contribution in [1.82, 2.24) is 10.2 Å². The number of thiocarbonyl (C=S) groups is 1. The molecule has 1 amide bonds. The molecule has 1 aromatic carbocycles. The molecule has 24 heavy (non-hydrogen) atoms. The minimum atomic E-state index is -0.501. The molecule has 2 aliphatic rings. The molecule has 0 spiro atoms. The van der Waals surface area contributed by atoms with Gasteiger partial charge in [-0.15, -0.1) is 0 Å². The maximum absolute atomic E-state index is 12.9. The fourth-order valence-corrected chi connectivity index (χ4v) is 3.48. The number of benzene rings is 1. The molecule has 0 radical (unpaired) electrons. The van der Waals surface area contributed by atoms with Crippen molar-refractivity contribution in [2.24, 2.45) is 0 Å². The zero-order chi connectivity index (χ0) is 16.9. The first kappa shape index (κ1) is 17.0. The van der Waals surface area contributed by atoms with E-state index in [1.54, 1.807) is 0 Å². The minimum absolute atomic E-state index is 0.0764. The molecule has 0 aliphatic carbocycles. The number of rotatable bonds is 3. The van der Waals surface area contributed by atoms with Crippen molar-refractivity contribution in [3.05, 3.63) is 24.3 Å². The minimum Gasteiger partial charge on any atom is -0.476 e. The highest BCUT2D eigenvalue weighted by atomic mass is 32.1. The number of hydrogen-bond acceptors (Lipinski definition) is 3. The van der Waals surface area contributed by atoms with E-state index in [2.05, 4.69) is 12.2 Å². The summed E-state index contributed by atoms with van der Waals surface area (Å²) in [5, 5.41) is 3.92. The number of nitrogens with one attached hydrogen (secondary N) is 1. The second kappa shape index (κ2) is 7.83. The van der Waals surface area contributed by atoms with Crippen LogP contribution in [0.4, 0.5) is 5.69 Å². The predicted octanol–water partition coefficient (Wildman–Crippen LogP) is 2.55. The van der Waals surface area contributed by atoms with E-state index in [0.29, 0.717) is 11.7 Å². The highest BCUT2D eigenvalue weighted by molar-refractivity contribution is 7.80. The van der Waals surface area contributed by atoms with Crippen molar-refractivity contribution >= 4 is 28.9 Å². The monoisotopic (exact) mass is 347 g/mol. The van der Waals surface area contributed by atoms with Gasteiger partial charge in [0.25, 0.3) is 5.91 Å². The summed E-state index contributed by atoms with van der Waals surface area (Å²) in [6.45, 7) is 5.05. The normalized spacial score (nSPS) is 20.1. The van der Waals surface area contributed by atoms with Crippen molar-refractivity contribution in [3.63, 3.8) is 0 Å². The van der Waals surface area contributed by atoms with Crippen LogP contribution in [0.5, 0.6) is 5.75 Å². The number of nitrogens with zero attached hydrogens (tertiary/aromatic N) is 2. The average molecular weight is 347 g/mol. The standard InChI is InChI=1S/C18H25N3O2S/c1-2-10-19-18(24)21-13-16(17(22)20-11-6-3-7-12-20)23-15-9-5-4-8-14(15)21/h4-5,8-9,16H,2-3,6-7,10-13H2,1H3,(H,19,24)/t16-/m0/s1. The van der Waals surface area contributed by atoms with E-state index in [1.165, 1.54) is 6.42 Å². The van der Waals surface area contributed by atoms with Crippen molar-refractivity contribution in [1.29, 1.82) is 0 Å². The van der Waals surface area contributed by atoms with Gasteiger partial charge in [0, 0.05) is 19.6 Å². The summed E-state index contributed by atoms with van der Waals surface area (Å²) in [7, 11) is 0. The molecule has 3 rings (SSSR count). The van der Waals surface area contributed by atoms with Crippen LogP contribution in [0.3, 0.4) is 0 Å². The van der Waals surface area contributed by atoms with E-state index < -0.39 is 6.10 Å². The lowest BCUT2D eigenvalue weighted by Crippen LogP contribution is -2.54. The second-order valence-corrected chi connectivity index (χ2v) is 6.69. The average Bonchev–Trinajstić information content (AvgIpc) is 2.65. The lowest BCUT2D eigenvalue weighted by atomic mass is 10.1. The highest BCUT2D eigenvalue weighted by Gasteiger charge is 2.35. The van der Waals surface area contributed by atoms with Crippen LogP contribution in [0.1, 0.15) is 32.6 Å². The Balaban J connectivity index is 1.79. The lowest BCUT2D eigenvalue weighted by Gasteiger charge is -2.38. The molecule has 1 atom stereocenters. The third kappa shape index (κ3) is 3.64. The van der Waals surface area contributed by atoms with Crippen molar-refractivity contribution in [3.8, 4) is 5.75 Å². The number of carbonyl (C=O) groups excluding carboxylic acids is 1. The van der Waals surface area contributed by atoms with E-state index in [1.807, 2.05) is 34.1 Å². The topological polar surface area (TPSA) is 44.8 Å². The van der Waals surface area contributed by atoms with Gasteiger partial charge in [-0.25, -0.2) is 0 Å². The van der Waals surface area contributed by atoms with Crippen LogP contribution < -0.4 is 15.0 Å². The maximum atomic E-state index is 12.9. The van der Waals surface area contributed by atoms with Crippen molar-refractivity contribution in [2.75, 3.05) is 31.1 Å². The molecule has 1 saturated heterocycles. The fraction of sp³-hybridized carbons (Fsp3) is 0.556. The molecular formula is C18H25N3O2S. The fourth-order valence-electron chi connectivity index (χ4n) is 3.20. The molecule has 6 heteroatoms. The van der Waals surface area contributed by atoms with Crippen molar-refractivity contribution in [2.45, 2.75) is 38.7 Å². The van der Waals surface area contributed by atoms with Gasteiger partial charge in [-0.1, -0.05) is 19.1 Å². The van der Waals surface area contributed by atoms with Gasteiger partial charge >= 0.3 is 0 Å². The van der Waals surface area contributed by atoms with Crippen LogP contribution in [0.2, 0.25) is 0 Å². The van der Waals surface area contributed by atoms with Gasteiger partial charge in [0.1, 0.15) is 5.75 Å². The van der Waals surface area contributed by atoms with Gasteiger partial charge in [-0.3, -0.25) is 4.79 Å². The van der Waals surface area contributed by atoms with Crippen molar-refractivity contribution < 1.29 is 9.53 Å². The molecular weight excluding hydrogens is 322 g/mol. The molecule has 5 nitrogen and oxygen atoms in total. The summed E-state index contributed by atoms with van der Waals surface area (Å²) in [6, 6.07) is 7.77. The first-order valence-electron chi connectivity index (χ1n) is 8.80. The van der Waals surface area contributed by atoms with E-state index in [0.717, 1.165) is 50.3 Å². The van der Waals surface area contributed by atoms with Crippen LogP contribution in [-0.2, 0) is 4.79 Å². The van der Waals surface area contributed by atoms with E-state index in [-0.39, 0.29) is 5.91 Å². The molecule has 0 saturated carbocycles. The Labute approximate surface area is 149 Å². The Morgan fingerprint density at radius 2 is 2.04 bits per heavy atom. The van der Waals surface area contributed by atoms with Gasteiger partial charge in [0.05, 0.1) is 12.2 Å². The molecule has 1 N–H and O–H groups in total. The summed E-state index contributed by atoms with van der Waals surface area (Å²) in [5.74, 6) is 0.798. The Hall–Kier alpha value is -1.82. The largest absolute Gasteiger partial charge is 0.476 e.